The van der Waals surface area contributed by atoms with Crippen LogP contribution in [-0.2, 0) is 0 Å². The molecule has 6 rings (SSSR count). The highest BCUT2D eigenvalue weighted by molar-refractivity contribution is 7.22. The Morgan fingerprint density at radius 2 is 1.69 bits per heavy atom. The second-order valence-electron chi connectivity index (χ2n) is 8.13. The van der Waals surface area contributed by atoms with E-state index in [1.807, 2.05) is 50.2 Å². The number of aromatic nitrogens is 1. The minimum absolute atomic E-state index is 0.0923. The average Bonchev–Trinajstić information content (AvgIpc) is 3.33. The minimum atomic E-state index is -0.597. The maximum atomic E-state index is 13.6. The predicted octanol–water partition coefficient (Wildman–Crippen LogP) is 5.77. The van der Waals surface area contributed by atoms with Crippen LogP contribution in [0.25, 0.3) is 21.2 Å². The standard InChI is InChI=1S/C26H18N2O3S/c1-14-7-10-16(11-8-14)22-21-23(29)17-5-3-4-6-19(17)31-24(21)25(30)28(22)26-27-18-12-9-15(2)13-20(18)32-26/h3-13,22H,1-2H3/t22-/m1/s1. The van der Waals surface area contributed by atoms with Gasteiger partial charge in [0, 0.05) is 0 Å². The molecule has 3 heterocycles. The Bertz CT molecular complexity index is 1600. The number of nitrogens with zero attached hydrogens (tertiary/aromatic N) is 2. The first-order chi connectivity index (χ1) is 15.5. The van der Waals surface area contributed by atoms with E-state index in [1.165, 1.54) is 11.3 Å². The summed E-state index contributed by atoms with van der Waals surface area (Å²) >= 11 is 1.45. The van der Waals surface area contributed by atoms with Crippen molar-refractivity contribution < 1.29 is 9.21 Å². The number of amides is 1. The summed E-state index contributed by atoms with van der Waals surface area (Å²) in [5.41, 5.74) is 4.50. The average molecular weight is 439 g/mol. The number of carbonyl (C=O) groups excluding carboxylic acids is 1. The summed E-state index contributed by atoms with van der Waals surface area (Å²) in [5.74, 6) is -0.251. The molecule has 1 atom stereocenters. The molecule has 6 heteroatoms. The minimum Gasteiger partial charge on any atom is -0.450 e. The molecular weight excluding hydrogens is 420 g/mol. The first-order valence-corrected chi connectivity index (χ1v) is 11.2. The van der Waals surface area contributed by atoms with Gasteiger partial charge in [-0.3, -0.25) is 14.5 Å². The lowest BCUT2D eigenvalue weighted by molar-refractivity contribution is 0.0971. The quantitative estimate of drug-likeness (QED) is 0.351. The number of hydrogen-bond acceptors (Lipinski definition) is 5. The topological polar surface area (TPSA) is 63.4 Å². The second kappa shape index (κ2) is 6.87. The Kier molecular flexibility index (Phi) is 4.07. The molecule has 5 nitrogen and oxygen atoms in total. The van der Waals surface area contributed by atoms with Crippen LogP contribution in [-0.4, -0.2) is 10.9 Å². The van der Waals surface area contributed by atoms with E-state index in [9.17, 15) is 9.59 Å². The highest BCUT2D eigenvalue weighted by atomic mass is 32.1. The molecule has 1 aliphatic rings. The summed E-state index contributed by atoms with van der Waals surface area (Å²) in [7, 11) is 0. The Morgan fingerprint density at radius 1 is 0.938 bits per heavy atom. The van der Waals surface area contributed by atoms with Gasteiger partial charge in [0.1, 0.15) is 5.58 Å². The van der Waals surface area contributed by atoms with E-state index in [0.717, 1.165) is 26.9 Å². The molecule has 1 amide bonds. The number of hydrogen-bond donors (Lipinski definition) is 0. The Labute approximate surface area is 187 Å². The molecule has 156 valence electrons. The number of thiazole rings is 1. The third-order valence-electron chi connectivity index (χ3n) is 5.91. The second-order valence-corrected chi connectivity index (χ2v) is 9.14. The molecule has 0 radical (unpaired) electrons. The Balaban J connectivity index is 1.64. The Hall–Kier alpha value is -3.77. The van der Waals surface area contributed by atoms with Gasteiger partial charge in [0.2, 0.25) is 5.76 Å². The number of benzene rings is 3. The predicted molar refractivity (Wildman–Crippen MR) is 127 cm³/mol. The highest BCUT2D eigenvalue weighted by Crippen LogP contribution is 2.43. The van der Waals surface area contributed by atoms with Crippen molar-refractivity contribution in [2.75, 3.05) is 4.90 Å². The van der Waals surface area contributed by atoms with E-state index >= 15 is 0 Å². The summed E-state index contributed by atoms with van der Waals surface area (Å²) in [4.78, 5) is 33.6. The van der Waals surface area contributed by atoms with Crippen molar-refractivity contribution in [2.24, 2.45) is 0 Å². The van der Waals surface area contributed by atoms with Crippen molar-refractivity contribution in [3.05, 3.63) is 105 Å². The van der Waals surface area contributed by atoms with Crippen molar-refractivity contribution in [3.8, 4) is 0 Å². The molecule has 0 spiro atoms. The molecule has 0 unspecified atom stereocenters. The van der Waals surface area contributed by atoms with Crippen LogP contribution in [0.1, 0.15) is 38.9 Å². The maximum Gasteiger partial charge on any atom is 0.297 e. The van der Waals surface area contributed by atoms with Crippen LogP contribution in [0.5, 0.6) is 0 Å². The van der Waals surface area contributed by atoms with Crippen LogP contribution < -0.4 is 10.3 Å². The summed E-state index contributed by atoms with van der Waals surface area (Å²) in [5, 5.41) is 1.02. The lowest BCUT2D eigenvalue weighted by Gasteiger charge is -2.22. The fourth-order valence-corrected chi connectivity index (χ4v) is 5.39. The molecule has 1 aliphatic heterocycles. The molecule has 0 bridgehead atoms. The summed E-state index contributed by atoms with van der Waals surface area (Å²) in [6.45, 7) is 4.03. The van der Waals surface area contributed by atoms with Gasteiger partial charge in [-0.1, -0.05) is 59.4 Å². The zero-order chi connectivity index (χ0) is 22.0. The normalized spacial score (nSPS) is 15.6. The molecule has 0 fully saturated rings. The van der Waals surface area contributed by atoms with E-state index in [0.29, 0.717) is 21.7 Å². The first kappa shape index (κ1) is 19.0. The molecule has 0 saturated heterocycles. The molecule has 0 aliphatic carbocycles. The van der Waals surface area contributed by atoms with E-state index in [-0.39, 0.29) is 17.1 Å². The molecule has 3 aromatic carbocycles. The SMILES string of the molecule is Cc1ccc([C@@H]2c3c(oc4ccccc4c3=O)C(=O)N2c2nc3ccc(C)cc3s2)cc1. The fourth-order valence-electron chi connectivity index (χ4n) is 4.30. The number of para-hydroxylation sites is 1. The van der Waals surface area contributed by atoms with Crippen LogP contribution in [0.2, 0.25) is 0 Å². The zero-order valence-corrected chi connectivity index (χ0v) is 18.3. The van der Waals surface area contributed by atoms with E-state index in [1.54, 1.807) is 29.2 Å². The van der Waals surface area contributed by atoms with E-state index in [2.05, 4.69) is 6.07 Å². The summed E-state index contributed by atoms with van der Waals surface area (Å²) in [6, 6.07) is 20.4. The van der Waals surface area contributed by atoms with Crippen molar-refractivity contribution >= 4 is 43.6 Å². The van der Waals surface area contributed by atoms with Gasteiger partial charge in [0.05, 0.1) is 27.2 Å². The van der Waals surface area contributed by atoms with Crippen molar-refractivity contribution in [2.45, 2.75) is 19.9 Å². The van der Waals surface area contributed by atoms with Crippen LogP contribution in [0, 0.1) is 13.8 Å². The van der Waals surface area contributed by atoms with Gasteiger partial charge in [0.25, 0.3) is 5.91 Å². The van der Waals surface area contributed by atoms with Crippen molar-refractivity contribution in [1.82, 2.24) is 4.98 Å². The van der Waals surface area contributed by atoms with Crippen molar-refractivity contribution in [1.29, 1.82) is 0 Å². The van der Waals surface area contributed by atoms with E-state index < -0.39 is 6.04 Å². The Morgan fingerprint density at radius 3 is 2.50 bits per heavy atom. The monoisotopic (exact) mass is 438 g/mol. The van der Waals surface area contributed by atoms with Gasteiger partial charge in [-0.15, -0.1) is 0 Å². The highest BCUT2D eigenvalue weighted by Gasteiger charge is 2.44. The first-order valence-electron chi connectivity index (χ1n) is 10.3. The molecule has 2 aromatic heterocycles. The van der Waals surface area contributed by atoms with Crippen LogP contribution in [0.15, 0.2) is 75.9 Å². The van der Waals surface area contributed by atoms with Gasteiger partial charge in [-0.25, -0.2) is 4.98 Å². The van der Waals surface area contributed by atoms with Gasteiger partial charge < -0.3 is 4.42 Å². The third-order valence-corrected chi connectivity index (χ3v) is 6.93. The third kappa shape index (κ3) is 2.73. The lowest BCUT2D eigenvalue weighted by Crippen LogP contribution is -2.29. The number of aryl methyl sites for hydroxylation is 2. The van der Waals surface area contributed by atoms with Crippen molar-refractivity contribution in [3.63, 3.8) is 0 Å². The zero-order valence-electron chi connectivity index (χ0n) is 17.5. The maximum absolute atomic E-state index is 13.6. The van der Waals surface area contributed by atoms with Gasteiger partial charge in [-0.05, 0) is 49.2 Å². The van der Waals surface area contributed by atoms with Gasteiger partial charge in [-0.2, -0.15) is 0 Å². The molecule has 0 saturated carbocycles. The lowest BCUT2D eigenvalue weighted by atomic mass is 9.98. The summed E-state index contributed by atoms with van der Waals surface area (Å²) < 4.78 is 7.00. The number of anilines is 1. The fraction of sp³-hybridized carbons (Fsp3) is 0.115. The smallest absolute Gasteiger partial charge is 0.297 e. The molecule has 0 N–H and O–H groups in total. The van der Waals surface area contributed by atoms with Gasteiger partial charge >= 0.3 is 0 Å². The largest absolute Gasteiger partial charge is 0.450 e. The number of rotatable bonds is 2. The van der Waals surface area contributed by atoms with Gasteiger partial charge in [0.15, 0.2) is 10.6 Å². The molecule has 5 aromatic rings. The van der Waals surface area contributed by atoms with E-state index in [4.69, 9.17) is 9.40 Å². The molecule has 32 heavy (non-hydrogen) atoms. The summed E-state index contributed by atoms with van der Waals surface area (Å²) in [6.07, 6.45) is 0. The van der Waals surface area contributed by atoms with Crippen LogP contribution in [0.3, 0.4) is 0 Å². The molecular formula is C26H18N2O3S. The van der Waals surface area contributed by atoms with Crippen LogP contribution >= 0.6 is 11.3 Å². The number of fused-ring (bicyclic) bond motifs is 3. The van der Waals surface area contributed by atoms with Crippen LogP contribution in [0.4, 0.5) is 5.13 Å². The number of carbonyl (C=O) groups is 1.